The van der Waals surface area contributed by atoms with Crippen LogP contribution in [-0.2, 0) is 43.9 Å². The number of pyridine rings is 2. The van der Waals surface area contributed by atoms with E-state index in [0.29, 0.717) is 35.4 Å². The standard InChI is InChI=1S/C44H48FN3O6Si/c1-8-44(52)35-22-38-40-33(24-48(38)41(50)34(35)25-53-42(44)51)31(32-21-28(4)36(45)23-37(32)46-40)19-20-47(27(2)3)39(49)26-54-55(43(5,6)7,29-15-11-9-12-16-29)30-17-13-10-14-18-30/h9-18,21-23,27,52H,8,19-20,24-26H2,1-7H3/t44-/m0/s1. The average Bonchev–Trinajstić information content (AvgIpc) is 3.52. The van der Waals surface area contributed by atoms with Crippen molar-refractivity contribution in [3.05, 3.63) is 123 Å². The number of hydrogen-bond donors (Lipinski definition) is 1. The molecule has 55 heavy (non-hydrogen) atoms. The number of benzene rings is 3. The molecule has 9 nitrogen and oxygen atoms in total. The van der Waals surface area contributed by atoms with Crippen molar-refractivity contribution >= 4 is 41.5 Å². The maximum absolute atomic E-state index is 15.1. The zero-order valence-corrected chi connectivity index (χ0v) is 33.5. The second-order valence-electron chi connectivity index (χ2n) is 16.0. The lowest BCUT2D eigenvalue weighted by atomic mass is 9.86. The van der Waals surface area contributed by atoms with Crippen LogP contribution in [0.2, 0.25) is 5.04 Å². The number of nitrogens with zero attached hydrogens (tertiary/aromatic N) is 3. The summed E-state index contributed by atoms with van der Waals surface area (Å²) in [6.07, 6.45) is 0.423. The van der Waals surface area contributed by atoms with Gasteiger partial charge in [0.05, 0.1) is 29.0 Å². The normalized spacial score (nSPS) is 16.5. The topological polar surface area (TPSA) is 111 Å². The number of rotatable bonds is 10. The number of aliphatic hydroxyl groups is 1. The number of fused-ring (bicyclic) bond motifs is 5. The predicted molar refractivity (Wildman–Crippen MR) is 213 cm³/mol. The molecule has 1 N–H and O–H groups in total. The first kappa shape index (κ1) is 38.3. The number of halogens is 1. The molecule has 2 aromatic heterocycles. The van der Waals surface area contributed by atoms with E-state index in [4.69, 9.17) is 14.1 Å². The molecule has 1 amide bonds. The fourth-order valence-corrected chi connectivity index (χ4v) is 13.0. The van der Waals surface area contributed by atoms with Gasteiger partial charge in [0.2, 0.25) is 5.91 Å². The molecular weight excluding hydrogens is 714 g/mol. The van der Waals surface area contributed by atoms with Crippen molar-refractivity contribution in [1.29, 1.82) is 0 Å². The lowest BCUT2D eigenvalue weighted by Gasteiger charge is -2.43. The molecular formula is C44H48FN3O6Si. The van der Waals surface area contributed by atoms with Crippen LogP contribution in [0.15, 0.2) is 83.7 Å². The second kappa shape index (κ2) is 14.3. The summed E-state index contributed by atoms with van der Waals surface area (Å²) in [5.74, 6) is -1.35. The van der Waals surface area contributed by atoms with Gasteiger partial charge in [-0.15, -0.1) is 0 Å². The Morgan fingerprint density at radius 1 is 1.04 bits per heavy atom. The van der Waals surface area contributed by atoms with E-state index in [1.807, 2.05) is 55.1 Å². The maximum atomic E-state index is 15.1. The smallest absolute Gasteiger partial charge is 0.343 e. The van der Waals surface area contributed by atoms with Gasteiger partial charge in [0, 0.05) is 35.2 Å². The van der Waals surface area contributed by atoms with E-state index in [2.05, 4.69) is 45.0 Å². The van der Waals surface area contributed by atoms with Crippen LogP contribution >= 0.6 is 0 Å². The molecule has 0 radical (unpaired) electrons. The monoisotopic (exact) mass is 761 g/mol. The summed E-state index contributed by atoms with van der Waals surface area (Å²) >= 11 is 0. The molecule has 7 rings (SSSR count). The van der Waals surface area contributed by atoms with E-state index < -0.39 is 25.7 Å². The first-order valence-electron chi connectivity index (χ1n) is 19.0. The van der Waals surface area contributed by atoms with Crippen molar-refractivity contribution in [3.8, 4) is 11.4 Å². The molecule has 3 aromatic carbocycles. The number of carbonyl (C=O) groups excluding carboxylic acids is 2. The first-order valence-corrected chi connectivity index (χ1v) is 20.9. The Balaban J connectivity index is 1.26. The number of aromatic nitrogens is 2. The van der Waals surface area contributed by atoms with E-state index >= 15 is 4.39 Å². The van der Waals surface area contributed by atoms with Gasteiger partial charge in [0.1, 0.15) is 19.0 Å². The molecule has 0 unspecified atom stereocenters. The van der Waals surface area contributed by atoms with E-state index in [1.165, 1.54) is 6.07 Å². The predicted octanol–water partition coefficient (Wildman–Crippen LogP) is 5.88. The third kappa shape index (κ3) is 6.32. The summed E-state index contributed by atoms with van der Waals surface area (Å²) in [6.45, 7) is 14.0. The number of aryl methyl sites for hydroxylation is 1. The number of amides is 1. The number of esters is 1. The summed E-state index contributed by atoms with van der Waals surface area (Å²) in [7, 11) is -2.98. The van der Waals surface area contributed by atoms with E-state index in [-0.39, 0.29) is 59.9 Å². The van der Waals surface area contributed by atoms with Crippen LogP contribution in [0.3, 0.4) is 0 Å². The fourth-order valence-electron chi connectivity index (χ4n) is 8.49. The van der Waals surface area contributed by atoms with Gasteiger partial charge in [-0.3, -0.25) is 9.59 Å². The highest BCUT2D eigenvalue weighted by molar-refractivity contribution is 6.99. The zero-order valence-electron chi connectivity index (χ0n) is 32.5. The molecule has 286 valence electrons. The van der Waals surface area contributed by atoms with Crippen LogP contribution in [0, 0.1) is 12.7 Å². The van der Waals surface area contributed by atoms with Crippen molar-refractivity contribution in [1.82, 2.24) is 14.5 Å². The molecule has 11 heteroatoms. The Bertz CT molecular complexity index is 2330. The molecule has 5 aromatic rings. The largest absolute Gasteiger partial charge is 0.458 e. The minimum Gasteiger partial charge on any atom is -0.458 e. The Hall–Kier alpha value is -4.97. The molecule has 0 saturated carbocycles. The van der Waals surface area contributed by atoms with Crippen LogP contribution in [0.25, 0.3) is 22.3 Å². The maximum Gasteiger partial charge on any atom is 0.343 e. The summed E-state index contributed by atoms with van der Waals surface area (Å²) in [5.41, 5.74) is 1.54. The highest BCUT2D eigenvalue weighted by Crippen LogP contribution is 2.41. The van der Waals surface area contributed by atoms with Gasteiger partial charge in [-0.05, 0) is 72.3 Å². The molecule has 2 aliphatic heterocycles. The van der Waals surface area contributed by atoms with E-state index in [1.54, 1.807) is 30.5 Å². The lowest BCUT2D eigenvalue weighted by Crippen LogP contribution is -2.67. The Morgan fingerprint density at radius 3 is 2.25 bits per heavy atom. The van der Waals surface area contributed by atoms with Crippen molar-refractivity contribution in [3.63, 3.8) is 0 Å². The molecule has 0 saturated heterocycles. The molecule has 1 atom stereocenters. The number of ether oxygens (including phenoxy) is 1. The van der Waals surface area contributed by atoms with Gasteiger partial charge in [0.25, 0.3) is 13.9 Å². The summed E-state index contributed by atoms with van der Waals surface area (Å²) in [6, 6.07) is 25.1. The van der Waals surface area contributed by atoms with Crippen LogP contribution in [0.1, 0.15) is 75.8 Å². The van der Waals surface area contributed by atoms with Gasteiger partial charge >= 0.3 is 5.97 Å². The van der Waals surface area contributed by atoms with Gasteiger partial charge in [-0.25, -0.2) is 14.2 Å². The quantitative estimate of drug-likeness (QED) is 0.137. The third-order valence-electron chi connectivity index (χ3n) is 11.5. The molecule has 0 bridgehead atoms. The van der Waals surface area contributed by atoms with Gasteiger partial charge < -0.3 is 23.7 Å². The molecule has 0 spiro atoms. The van der Waals surface area contributed by atoms with Crippen LogP contribution in [0.5, 0.6) is 0 Å². The summed E-state index contributed by atoms with van der Waals surface area (Å²) in [4.78, 5) is 47.8. The minimum absolute atomic E-state index is 0.0221. The lowest BCUT2D eigenvalue weighted by molar-refractivity contribution is -0.172. The van der Waals surface area contributed by atoms with E-state index in [9.17, 15) is 19.5 Å². The second-order valence-corrected chi connectivity index (χ2v) is 20.3. The molecule has 0 aliphatic carbocycles. The van der Waals surface area contributed by atoms with Crippen molar-refractivity contribution in [2.45, 2.75) is 91.1 Å². The first-order chi connectivity index (χ1) is 26.1. The SMILES string of the molecule is CC[C@@]1(O)C(=O)OCc2c1cc1n(c2=O)Cc2c-1nc1cc(F)c(C)cc1c2CCN(C(=O)CO[Si](c1ccccc1)(c1ccccc1)C(C)(C)C)C(C)C. The van der Waals surface area contributed by atoms with Gasteiger partial charge in [-0.2, -0.15) is 0 Å². The minimum atomic E-state index is -2.98. The van der Waals surface area contributed by atoms with Crippen LogP contribution in [-0.4, -0.2) is 58.9 Å². The number of carbonyl (C=O) groups is 2. The zero-order chi connectivity index (χ0) is 39.4. The van der Waals surface area contributed by atoms with Crippen molar-refractivity contribution < 1.29 is 28.2 Å². The summed E-state index contributed by atoms with van der Waals surface area (Å²) in [5, 5.41) is 14.0. The third-order valence-corrected chi connectivity index (χ3v) is 16.4. The van der Waals surface area contributed by atoms with Gasteiger partial charge in [-0.1, -0.05) is 88.4 Å². The average molecular weight is 762 g/mol. The fraction of sp³-hybridized carbons (Fsp3) is 0.364. The number of cyclic esters (lactones) is 1. The van der Waals surface area contributed by atoms with Gasteiger partial charge in [0.15, 0.2) is 5.60 Å². The highest BCUT2D eigenvalue weighted by atomic mass is 28.4. The Kier molecular flexibility index (Phi) is 9.94. The van der Waals surface area contributed by atoms with Crippen LogP contribution in [0.4, 0.5) is 4.39 Å². The Morgan fingerprint density at radius 2 is 1.67 bits per heavy atom. The molecule has 0 fully saturated rings. The summed E-state index contributed by atoms with van der Waals surface area (Å²) < 4.78 is 29.0. The van der Waals surface area contributed by atoms with E-state index in [0.717, 1.165) is 26.9 Å². The van der Waals surface area contributed by atoms with Crippen molar-refractivity contribution in [2.24, 2.45) is 0 Å². The highest BCUT2D eigenvalue weighted by Gasteiger charge is 2.51. The van der Waals surface area contributed by atoms with Crippen molar-refractivity contribution in [2.75, 3.05) is 13.2 Å². The van der Waals surface area contributed by atoms with Crippen LogP contribution < -0.4 is 15.9 Å². The Labute approximate surface area is 321 Å². The molecule has 4 heterocycles. The molecule has 2 aliphatic rings. The number of hydrogen-bond acceptors (Lipinski definition) is 7.